The Kier molecular flexibility index (Phi) is 7.40. The van der Waals surface area contributed by atoms with E-state index in [1.807, 2.05) is 0 Å². The topological polar surface area (TPSA) is 35.6 Å². The molecule has 1 saturated heterocycles. The summed E-state index contributed by atoms with van der Waals surface area (Å²) in [6.45, 7) is 8.93. The van der Waals surface area contributed by atoms with Crippen molar-refractivity contribution in [1.82, 2.24) is 15.1 Å². The highest BCUT2D eigenvalue weighted by molar-refractivity contribution is 5.78. The van der Waals surface area contributed by atoms with Gasteiger partial charge < -0.3 is 5.32 Å². The van der Waals surface area contributed by atoms with Crippen molar-refractivity contribution in [3.8, 4) is 0 Å². The fourth-order valence-electron chi connectivity index (χ4n) is 3.32. The molecule has 2 unspecified atom stereocenters. The molecule has 126 valence electrons. The summed E-state index contributed by atoms with van der Waals surface area (Å²) >= 11 is 0. The van der Waals surface area contributed by atoms with E-state index in [0.717, 1.165) is 32.6 Å². The van der Waals surface area contributed by atoms with Crippen molar-refractivity contribution >= 4 is 5.91 Å². The third-order valence-corrected chi connectivity index (χ3v) is 4.99. The molecule has 4 nitrogen and oxygen atoms in total. The smallest absolute Gasteiger partial charge is 0.234 e. The van der Waals surface area contributed by atoms with E-state index >= 15 is 0 Å². The highest BCUT2D eigenvalue weighted by Gasteiger charge is 2.23. The maximum absolute atomic E-state index is 12.0. The van der Waals surface area contributed by atoms with Crippen LogP contribution in [-0.2, 0) is 4.79 Å². The predicted molar refractivity (Wildman–Crippen MR) is 91.9 cm³/mol. The van der Waals surface area contributed by atoms with E-state index in [1.54, 1.807) is 0 Å². The summed E-state index contributed by atoms with van der Waals surface area (Å²) < 4.78 is 0. The lowest BCUT2D eigenvalue weighted by atomic mass is 10.0. The van der Waals surface area contributed by atoms with Gasteiger partial charge in [-0.25, -0.2) is 0 Å². The van der Waals surface area contributed by atoms with E-state index in [1.165, 1.54) is 32.1 Å². The van der Waals surface area contributed by atoms with E-state index in [0.29, 0.717) is 12.6 Å². The third kappa shape index (κ3) is 5.73. The maximum atomic E-state index is 12.0. The fraction of sp³-hybridized carbons (Fsp3) is 0.833. The van der Waals surface area contributed by atoms with Gasteiger partial charge in [0.15, 0.2) is 0 Å². The molecular weight excluding hydrogens is 274 g/mol. The first kappa shape index (κ1) is 17.5. The number of amides is 1. The van der Waals surface area contributed by atoms with Gasteiger partial charge in [-0.3, -0.25) is 14.6 Å². The summed E-state index contributed by atoms with van der Waals surface area (Å²) in [5.41, 5.74) is 0. The molecule has 1 aliphatic carbocycles. The number of piperazine rings is 1. The molecule has 4 heteroatoms. The van der Waals surface area contributed by atoms with Gasteiger partial charge in [-0.05, 0) is 32.6 Å². The molecule has 0 radical (unpaired) electrons. The van der Waals surface area contributed by atoms with E-state index in [9.17, 15) is 4.79 Å². The molecule has 2 rings (SSSR count). The lowest BCUT2D eigenvalue weighted by molar-refractivity contribution is -0.123. The molecule has 1 N–H and O–H groups in total. The van der Waals surface area contributed by atoms with Crippen LogP contribution in [0.2, 0.25) is 0 Å². The van der Waals surface area contributed by atoms with Crippen LogP contribution in [0.25, 0.3) is 0 Å². The summed E-state index contributed by atoms with van der Waals surface area (Å²) in [4.78, 5) is 16.9. The highest BCUT2D eigenvalue weighted by atomic mass is 16.2. The minimum Gasteiger partial charge on any atom is -0.353 e. The Morgan fingerprint density at radius 2 is 2.00 bits per heavy atom. The number of nitrogens with zero attached hydrogens (tertiary/aromatic N) is 2. The summed E-state index contributed by atoms with van der Waals surface area (Å²) in [7, 11) is 0. The molecule has 2 atom stereocenters. The highest BCUT2D eigenvalue weighted by Crippen LogP contribution is 2.18. The Balaban J connectivity index is 1.72. The van der Waals surface area contributed by atoms with Crippen LogP contribution in [0.4, 0.5) is 0 Å². The van der Waals surface area contributed by atoms with Crippen LogP contribution in [0.15, 0.2) is 12.2 Å². The van der Waals surface area contributed by atoms with E-state index in [4.69, 9.17) is 0 Å². The first-order chi connectivity index (χ1) is 10.7. The van der Waals surface area contributed by atoms with Crippen molar-refractivity contribution in [1.29, 1.82) is 0 Å². The standard InChI is InChI=1S/C18H33N3O/c1-3-16(2)19-18(22)15-20-11-13-21(14-12-20)17-9-7-5-4-6-8-10-17/h7,9,16-17H,3-6,8,10-15H2,1-2H3,(H,19,22)/b9-7-. The van der Waals surface area contributed by atoms with Gasteiger partial charge in [0, 0.05) is 38.3 Å². The van der Waals surface area contributed by atoms with Gasteiger partial charge in [0.2, 0.25) is 5.91 Å². The van der Waals surface area contributed by atoms with Crippen molar-refractivity contribution in [3.63, 3.8) is 0 Å². The Morgan fingerprint density at radius 1 is 1.23 bits per heavy atom. The summed E-state index contributed by atoms with van der Waals surface area (Å²) in [5, 5.41) is 3.06. The van der Waals surface area contributed by atoms with E-state index in [-0.39, 0.29) is 11.9 Å². The first-order valence-electron chi connectivity index (χ1n) is 9.11. The molecule has 0 saturated carbocycles. The first-order valence-corrected chi connectivity index (χ1v) is 9.11. The lowest BCUT2D eigenvalue weighted by Gasteiger charge is -2.38. The zero-order valence-corrected chi connectivity index (χ0v) is 14.4. The van der Waals surface area contributed by atoms with Crippen molar-refractivity contribution in [2.24, 2.45) is 0 Å². The fourth-order valence-corrected chi connectivity index (χ4v) is 3.32. The molecule has 0 aromatic carbocycles. The average molecular weight is 307 g/mol. The molecule has 1 heterocycles. The van der Waals surface area contributed by atoms with Crippen molar-refractivity contribution in [2.75, 3.05) is 32.7 Å². The van der Waals surface area contributed by atoms with Crippen LogP contribution in [0.5, 0.6) is 0 Å². The number of rotatable bonds is 5. The number of carbonyl (C=O) groups is 1. The van der Waals surface area contributed by atoms with Gasteiger partial charge in [-0.1, -0.05) is 31.9 Å². The number of hydrogen-bond donors (Lipinski definition) is 1. The second-order valence-electron chi connectivity index (χ2n) is 6.82. The lowest BCUT2D eigenvalue weighted by Crippen LogP contribution is -2.52. The predicted octanol–water partition coefficient (Wildman–Crippen LogP) is 2.41. The second kappa shape index (κ2) is 9.31. The van der Waals surface area contributed by atoms with Crippen LogP contribution >= 0.6 is 0 Å². The molecule has 0 bridgehead atoms. The molecule has 1 amide bonds. The Labute approximate surface area is 135 Å². The maximum Gasteiger partial charge on any atom is 0.234 e. The number of carbonyl (C=O) groups excluding carboxylic acids is 1. The van der Waals surface area contributed by atoms with E-state index in [2.05, 4.69) is 41.1 Å². The minimum atomic E-state index is 0.175. The van der Waals surface area contributed by atoms with Gasteiger partial charge in [-0.15, -0.1) is 0 Å². The normalized spacial score (nSPS) is 27.6. The quantitative estimate of drug-likeness (QED) is 0.792. The van der Waals surface area contributed by atoms with E-state index < -0.39 is 0 Å². The number of allylic oxidation sites excluding steroid dienone is 1. The van der Waals surface area contributed by atoms with Crippen LogP contribution in [0.1, 0.15) is 52.4 Å². The Hall–Kier alpha value is -0.870. The summed E-state index contributed by atoms with van der Waals surface area (Å²) in [5.74, 6) is 0.175. The minimum absolute atomic E-state index is 0.175. The monoisotopic (exact) mass is 307 g/mol. The van der Waals surface area contributed by atoms with Crippen molar-refractivity contribution < 1.29 is 4.79 Å². The number of hydrogen-bond acceptors (Lipinski definition) is 3. The van der Waals surface area contributed by atoms with Gasteiger partial charge >= 0.3 is 0 Å². The zero-order valence-electron chi connectivity index (χ0n) is 14.4. The van der Waals surface area contributed by atoms with Gasteiger partial charge in [0.25, 0.3) is 0 Å². The second-order valence-corrected chi connectivity index (χ2v) is 6.82. The van der Waals surface area contributed by atoms with Crippen LogP contribution < -0.4 is 5.32 Å². The average Bonchev–Trinajstić information content (AvgIpc) is 2.48. The molecule has 1 aliphatic heterocycles. The number of nitrogens with one attached hydrogen (secondary N) is 1. The van der Waals surface area contributed by atoms with Crippen LogP contribution in [0, 0.1) is 0 Å². The van der Waals surface area contributed by atoms with Crippen LogP contribution in [0.3, 0.4) is 0 Å². The molecule has 22 heavy (non-hydrogen) atoms. The summed E-state index contributed by atoms with van der Waals surface area (Å²) in [6.07, 6.45) is 12.4. The molecule has 2 aliphatic rings. The van der Waals surface area contributed by atoms with Crippen molar-refractivity contribution in [3.05, 3.63) is 12.2 Å². The van der Waals surface area contributed by atoms with Gasteiger partial charge in [-0.2, -0.15) is 0 Å². The molecule has 1 fully saturated rings. The SMILES string of the molecule is CCC(C)NC(=O)CN1CCN(C2/C=C\CCCCC2)CC1. The molecule has 0 aromatic rings. The molecular formula is C18H33N3O. The van der Waals surface area contributed by atoms with Crippen LogP contribution in [-0.4, -0.2) is 60.5 Å². The Morgan fingerprint density at radius 3 is 2.73 bits per heavy atom. The zero-order chi connectivity index (χ0) is 15.8. The molecule has 0 aromatic heterocycles. The largest absolute Gasteiger partial charge is 0.353 e. The molecule has 0 spiro atoms. The van der Waals surface area contributed by atoms with Crippen molar-refractivity contribution in [2.45, 2.75) is 64.5 Å². The Bertz CT molecular complexity index is 361. The van der Waals surface area contributed by atoms with Gasteiger partial charge in [0.1, 0.15) is 0 Å². The third-order valence-electron chi connectivity index (χ3n) is 4.99. The summed E-state index contributed by atoms with van der Waals surface area (Å²) in [6, 6.07) is 0.908. The van der Waals surface area contributed by atoms with Gasteiger partial charge in [0.05, 0.1) is 6.54 Å².